The third-order valence-corrected chi connectivity index (χ3v) is 2.43. The van der Waals surface area contributed by atoms with Gasteiger partial charge in [-0.2, -0.15) is 11.8 Å². The van der Waals surface area contributed by atoms with E-state index in [1.54, 1.807) is 11.8 Å². The molecule has 3 N–H and O–H groups in total. The molecule has 4 heteroatoms. The van der Waals surface area contributed by atoms with Gasteiger partial charge in [-0.25, -0.2) is 0 Å². The zero-order chi connectivity index (χ0) is 8.53. The first-order chi connectivity index (χ1) is 5.31. The van der Waals surface area contributed by atoms with Crippen molar-refractivity contribution < 1.29 is 10.2 Å². The van der Waals surface area contributed by atoms with Crippen LogP contribution < -0.4 is 5.32 Å². The minimum atomic E-state index is -0.547. The van der Waals surface area contributed by atoms with Crippen LogP contribution in [0.5, 0.6) is 0 Å². The Balaban J connectivity index is 2.89. The first-order valence-corrected chi connectivity index (χ1v) is 4.98. The molecule has 0 aliphatic heterocycles. The molecular weight excluding hydrogens is 162 g/mol. The number of hydrogen-bond acceptors (Lipinski definition) is 4. The van der Waals surface area contributed by atoms with E-state index in [0.717, 1.165) is 18.7 Å². The molecule has 0 aliphatic rings. The van der Waals surface area contributed by atoms with E-state index in [1.807, 2.05) is 7.05 Å². The topological polar surface area (TPSA) is 52.5 Å². The lowest BCUT2D eigenvalue weighted by Gasteiger charge is -2.05. The van der Waals surface area contributed by atoms with Crippen molar-refractivity contribution in [2.75, 3.05) is 31.7 Å². The summed E-state index contributed by atoms with van der Waals surface area (Å²) in [5.74, 6) is 1.68. The molecule has 0 amide bonds. The molecule has 0 saturated carbocycles. The van der Waals surface area contributed by atoms with Gasteiger partial charge in [-0.3, -0.25) is 0 Å². The number of hydrogen-bond donors (Lipinski definition) is 3. The summed E-state index contributed by atoms with van der Waals surface area (Å²) in [6.07, 6.45) is 0.564. The number of aliphatic hydroxyl groups excluding tert-OH is 2. The SMILES string of the molecule is CNCCCSCC(O)CO. The highest BCUT2D eigenvalue weighted by Crippen LogP contribution is 2.03. The van der Waals surface area contributed by atoms with E-state index >= 15 is 0 Å². The Morgan fingerprint density at radius 1 is 1.55 bits per heavy atom. The van der Waals surface area contributed by atoms with Gasteiger partial charge in [0, 0.05) is 5.75 Å². The van der Waals surface area contributed by atoms with Gasteiger partial charge in [-0.1, -0.05) is 0 Å². The van der Waals surface area contributed by atoms with Crippen molar-refractivity contribution in [3.63, 3.8) is 0 Å². The normalized spacial score (nSPS) is 13.4. The zero-order valence-electron chi connectivity index (χ0n) is 6.92. The van der Waals surface area contributed by atoms with Gasteiger partial charge in [-0.05, 0) is 25.8 Å². The molecular formula is C7H17NO2S. The van der Waals surface area contributed by atoms with E-state index in [4.69, 9.17) is 10.2 Å². The summed E-state index contributed by atoms with van der Waals surface area (Å²) < 4.78 is 0. The Bertz CT molecular complexity index is 82.8. The van der Waals surface area contributed by atoms with Crippen molar-refractivity contribution in [2.24, 2.45) is 0 Å². The van der Waals surface area contributed by atoms with E-state index in [9.17, 15) is 0 Å². The van der Waals surface area contributed by atoms with E-state index in [1.165, 1.54) is 0 Å². The lowest BCUT2D eigenvalue weighted by atomic mass is 10.4. The predicted molar refractivity (Wildman–Crippen MR) is 49.0 cm³/mol. The summed E-state index contributed by atoms with van der Waals surface area (Å²) in [4.78, 5) is 0. The molecule has 0 aromatic heterocycles. The van der Waals surface area contributed by atoms with Crippen LogP contribution in [0, 0.1) is 0 Å². The largest absolute Gasteiger partial charge is 0.394 e. The Hall–Kier alpha value is 0.230. The van der Waals surface area contributed by atoms with E-state index in [0.29, 0.717) is 5.75 Å². The van der Waals surface area contributed by atoms with Crippen LogP contribution in [0.3, 0.4) is 0 Å². The number of rotatable bonds is 7. The van der Waals surface area contributed by atoms with Crippen LogP contribution in [-0.2, 0) is 0 Å². The maximum absolute atomic E-state index is 8.93. The maximum atomic E-state index is 8.93. The molecule has 0 saturated heterocycles. The van der Waals surface area contributed by atoms with Crippen LogP contribution in [0.4, 0.5) is 0 Å². The second-order valence-electron chi connectivity index (χ2n) is 2.37. The molecule has 0 heterocycles. The minimum Gasteiger partial charge on any atom is -0.394 e. The third kappa shape index (κ3) is 8.13. The van der Waals surface area contributed by atoms with Gasteiger partial charge in [0.2, 0.25) is 0 Å². The molecule has 0 radical (unpaired) electrons. The fraction of sp³-hybridized carbons (Fsp3) is 1.00. The summed E-state index contributed by atoms with van der Waals surface area (Å²) in [5, 5.41) is 20.4. The lowest BCUT2D eigenvalue weighted by molar-refractivity contribution is 0.113. The number of aliphatic hydroxyl groups is 2. The highest BCUT2D eigenvalue weighted by Gasteiger charge is 2.00. The van der Waals surface area contributed by atoms with Crippen LogP contribution in [0.1, 0.15) is 6.42 Å². The Kier molecular flexibility index (Phi) is 8.50. The van der Waals surface area contributed by atoms with Crippen molar-refractivity contribution in [1.29, 1.82) is 0 Å². The van der Waals surface area contributed by atoms with Crippen LogP contribution >= 0.6 is 11.8 Å². The third-order valence-electron chi connectivity index (χ3n) is 1.24. The summed E-state index contributed by atoms with van der Waals surface area (Å²) in [6, 6.07) is 0. The van der Waals surface area contributed by atoms with E-state index in [-0.39, 0.29) is 6.61 Å². The smallest absolute Gasteiger partial charge is 0.0861 e. The molecule has 1 atom stereocenters. The standard InChI is InChI=1S/C7H17NO2S/c1-8-3-2-4-11-6-7(10)5-9/h7-10H,2-6H2,1H3. The monoisotopic (exact) mass is 179 g/mol. The van der Waals surface area contributed by atoms with Gasteiger partial charge in [0.25, 0.3) is 0 Å². The van der Waals surface area contributed by atoms with Crippen molar-refractivity contribution in [1.82, 2.24) is 5.32 Å². The van der Waals surface area contributed by atoms with Gasteiger partial charge in [0.05, 0.1) is 12.7 Å². The van der Waals surface area contributed by atoms with Crippen molar-refractivity contribution in [3.8, 4) is 0 Å². The quantitative estimate of drug-likeness (QED) is 0.469. The summed E-state index contributed by atoms with van der Waals surface area (Å²) in [6.45, 7) is 0.890. The molecule has 68 valence electrons. The number of nitrogens with one attached hydrogen (secondary N) is 1. The summed E-state index contributed by atoms with van der Waals surface area (Å²) in [7, 11) is 1.92. The molecule has 0 aromatic carbocycles. The zero-order valence-corrected chi connectivity index (χ0v) is 7.73. The molecule has 1 unspecified atom stereocenters. The fourth-order valence-corrected chi connectivity index (χ4v) is 1.52. The first-order valence-electron chi connectivity index (χ1n) is 3.82. The number of thioether (sulfide) groups is 1. The van der Waals surface area contributed by atoms with Crippen LogP contribution in [0.15, 0.2) is 0 Å². The van der Waals surface area contributed by atoms with Crippen molar-refractivity contribution in [2.45, 2.75) is 12.5 Å². The summed E-state index contributed by atoms with van der Waals surface area (Å²) >= 11 is 1.68. The second-order valence-corrected chi connectivity index (χ2v) is 3.52. The van der Waals surface area contributed by atoms with Gasteiger partial charge in [-0.15, -0.1) is 0 Å². The van der Waals surface area contributed by atoms with Gasteiger partial charge < -0.3 is 15.5 Å². The minimum absolute atomic E-state index is 0.126. The van der Waals surface area contributed by atoms with E-state index < -0.39 is 6.10 Å². The average Bonchev–Trinajstić information content (AvgIpc) is 2.04. The molecule has 0 aliphatic carbocycles. The van der Waals surface area contributed by atoms with Gasteiger partial charge in [0.1, 0.15) is 0 Å². The molecule has 0 spiro atoms. The highest BCUT2D eigenvalue weighted by atomic mass is 32.2. The van der Waals surface area contributed by atoms with Crippen LogP contribution in [-0.4, -0.2) is 48.0 Å². The average molecular weight is 179 g/mol. The Morgan fingerprint density at radius 2 is 2.27 bits per heavy atom. The fourth-order valence-electron chi connectivity index (χ4n) is 0.623. The Morgan fingerprint density at radius 3 is 2.82 bits per heavy atom. The molecule has 0 aromatic rings. The molecule has 3 nitrogen and oxygen atoms in total. The summed E-state index contributed by atoms with van der Waals surface area (Å²) in [5.41, 5.74) is 0. The maximum Gasteiger partial charge on any atom is 0.0861 e. The molecule has 11 heavy (non-hydrogen) atoms. The van der Waals surface area contributed by atoms with Crippen LogP contribution in [0.25, 0.3) is 0 Å². The first kappa shape index (κ1) is 11.2. The molecule has 0 bridgehead atoms. The van der Waals surface area contributed by atoms with E-state index in [2.05, 4.69) is 5.32 Å². The van der Waals surface area contributed by atoms with Crippen LogP contribution in [0.2, 0.25) is 0 Å². The van der Waals surface area contributed by atoms with Gasteiger partial charge in [0.15, 0.2) is 0 Å². The lowest BCUT2D eigenvalue weighted by Crippen LogP contribution is -2.15. The highest BCUT2D eigenvalue weighted by molar-refractivity contribution is 7.99. The van der Waals surface area contributed by atoms with Gasteiger partial charge >= 0.3 is 0 Å². The molecule has 0 fully saturated rings. The van der Waals surface area contributed by atoms with Crippen molar-refractivity contribution in [3.05, 3.63) is 0 Å². The molecule has 0 rings (SSSR count). The predicted octanol–water partition coefficient (Wildman–Crippen LogP) is -0.318. The second kappa shape index (κ2) is 8.33. The Labute approximate surface area is 72.2 Å². The van der Waals surface area contributed by atoms with Crippen molar-refractivity contribution >= 4 is 11.8 Å².